The highest BCUT2D eigenvalue weighted by Gasteiger charge is 2.62. The van der Waals surface area contributed by atoms with Gasteiger partial charge in [0.1, 0.15) is 5.67 Å². The maximum Gasteiger partial charge on any atom is 0.229 e. The fourth-order valence-corrected chi connectivity index (χ4v) is 5.13. The third-order valence-electron chi connectivity index (χ3n) is 5.76. The molecule has 5 nitrogen and oxygen atoms in total. The van der Waals surface area contributed by atoms with Crippen molar-refractivity contribution in [1.29, 1.82) is 0 Å². The predicted molar refractivity (Wildman–Crippen MR) is 110 cm³/mol. The standard InChI is InChI=1S/C22H25FN2O3S/c1-29(27,28)24-17-10-7-13-25(15-17)21(26)20-14-22(20,23)19-12-6-5-11-18(19)16-8-3-2-4-9-16/h2-6,8-9,11-12,17,20,24H,7,10,13-15H2,1H3/t17-,20-,22+/m0/s1. The molecule has 1 N–H and O–H groups in total. The Hall–Kier alpha value is -2.25. The van der Waals surface area contributed by atoms with Gasteiger partial charge in [-0.1, -0.05) is 54.6 Å². The summed E-state index contributed by atoms with van der Waals surface area (Å²) in [4.78, 5) is 14.6. The van der Waals surface area contributed by atoms with Gasteiger partial charge in [-0.2, -0.15) is 0 Å². The smallest absolute Gasteiger partial charge is 0.229 e. The molecule has 1 amide bonds. The molecule has 1 aliphatic carbocycles. The molecule has 154 valence electrons. The molecule has 3 atom stereocenters. The fraction of sp³-hybridized carbons (Fsp3) is 0.409. The number of sulfonamides is 1. The van der Waals surface area contributed by atoms with Crippen LogP contribution in [-0.2, 0) is 20.5 Å². The van der Waals surface area contributed by atoms with E-state index in [-0.39, 0.29) is 18.4 Å². The Labute approximate surface area is 171 Å². The van der Waals surface area contributed by atoms with Gasteiger partial charge in [-0.3, -0.25) is 4.79 Å². The van der Waals surface area contributed by atoms with E-state index in [1.165, 1.54) is 0 Å². The average molecular weight is 417 g/mol. The molecular weight excluding hydrogens is 391 g/mol. The second-order valence-corrected chi connectivity index (χ2v) is 9.82. The van der Waals surface area contributed by atoms with Crippen LogP contribution in [0.1, 0.15) is 24.8 Å². The van der Waals surface area contributed by atoms with Gasteiger partial charge in [0.15, 0.2) is 0 Å². The van der Waals surface area contributed by atoms with Gasteiger partial charge in [-0.25, -0.2) is 17.5 Å². The molecule has 4 rings (SSSR count). The first-order valence-electron chi connectivity index (χ1n) is 9.88. The van der Waals surface area contributed by atoms with Gasteiger partial charge in [0, 0.05) is 25.6 Å². The van der Waals surface area contributed by atoms with E-state index in [2.05, 4.69) is 4.72 Å². The van der Waals surface area contributed by atoms with Crippen molar-refractivity contribution >= 4 is 15.9 Å². The molecule has 1 saturated carbocycles. The molecule has 0 spiro atoms. The molecule has 2 aromatic carbocycles. The first-order valence-corrected chi connectivity index (χ1v) is 11.8. The molecule has 0 radical (unpaired) electrons. The Kier molecular flexibility index (Phi) is 5.21. The fourth-order valence-electron chi connectivity index (χ4n) is 4.33. The van der Waals surface area contributed by atoms with Crippen LogP contribution in [0.2, 0.25) is 0 Å². The second-order valence-electron chi connectivity index (χ2n) is 8.04. The quantitative estimate of drug-likeness (QED) is 0.815. The SMILES string of the molecule is CS(=O)(=O)N[C@H]1CCCN(C(=O)[C@@H]2C[C@@]2(F)c2ccccc2-c2ccccc2)C1. The molecule has 2 aliphatic rings. The van der Waals surface area contributed by atoms with Gasteiger partial charge in [0.25, 0.3) is 0 Å². The minimum atomic E-state index is -3.34. The van der Waals surface area contributed by atoms with E-state index in [4.69, 9.17) is 0 Å². The lowest BCUT2D eigenvalue weighted by Crippen LogP contribution is -2.50. The third kappa shape index (κ3) is 4.21. The van der Waals surface area contributed by atoms with Crippen LogP contribution in [0.5, 0.6) is 0 Å². The van der Waals surface area contributed by atoms with Crippen molar-refractivity contribution in [1.82, 2.24) is 9.62 Å². The molecule has 0 aromatic heterocycles. The molecular formula is C22H25FN2O3S. The van der Waals surface area contributed by atoms with Gasteiger partial charge in [-0.05, 0) is 29.5 Å². The number of carbonyl (C=O) groups excluding carboxylic acids is 1. The lowest BCUT2D eigenvalue weighted by Gasteiger charge is -2.33. The van der Waals surface area contributed by atoms with Crippen molar-refractivity contribution in [2.45, 2.75) is 31.0 Å². The number of amides is 1. The Morgan fingerprint density at radius 2 is 1.83 bits per heavy atom. The van der Waals surface area contributed by atoms with Crippen molar-refractivity contribution in [2.75, 3.05) is 19.3 Å². The summed E-state index contributed by atoms with van der Waals surface area (Å²) in [6.45, 7) is 0.826. The number of alkyl halides is 1. The van der Waals surface area contributed by atoms with Crippen LogP contribution in [-0.4, -0.2) is 44.6 Å². The minimum absolute atomic E-state index is 0.163. The molecule has 1 saturated heterocycles. The highest BCUT2D eigenvalue weighted by atomic mass is 32.2. The van der Waals surface area contributed by atoms with E-state index in [0.717, 1.165) is 17.4 Å². The van der Waals surface area contributed by atoms with Crippen LogP contribution in [0.4, 0.5) is 4.39 Å². The van der Waals surface area contributed by atoms with Gasteiger partial charge in [0.2, 0.25) is 15.9 Å². The highest BCUT2D eigenvalue weighted by Crippen LogP contribution is 2.58. The van der Waals surface area contributed by atoms with Gasteiger partial charge in [0.05, 0.1) is 12.2 Å². The van der Waals surface area contributed by atoms with Crippen LogP contribution in [0.15, 0.2) is 54.6 Å². The molecule has 0 bridgehead atoms. The summed E-state index contributed by atoms with van der Waals surface area (Å²) in [7, 11) is -3.34. The molecule has 2 fully saturated rings. The van der Waals surface area contributed by atoms with Gasteiger partial charge in [-0.15, -0.1) is 0 Å². The van der Waals surface area contributed by atoms with Gasteiger partial charge < -0.3 is 4.90 Å². The first-order chi connectivity index (χ1) is 13.8. The number of hydrogen-bond donors (Lipinski definition) is 1. The number of nitrogens with one attached hydrogen (secondary N) is 1. The van der Waals surface area contributed by atoms with E-state index in [1.54, 1.807) is 17.0 Å². The number of carbonyl (C=O) groups is 1. The lowest BCUT2D eigenvalue weighted by atomic mass is 9.94. The number of piperidine rings is 1. The zero-order chi connectivity index (χ0) is 20.6. The highest BCUT2D eigenvalue weighted by molar-refractivity contribution is 7.88. The Morgan fingerprint density at radius 3 is 2.55 bits per heavy atom. The van der Waals surface area contributed by atoms with Crippen molar-refractivity contribution < 1.29 is 17.6 Å². The van der Waals surface area contributed by atoms with E-state index < -0.39 is 21.6 Å². The normalized spacial score (nSPS) is 26.9. The number of likely N-dealkylation sites (tertiary alicyclic amines) is 1. The van der Waals surface area contributed by atoms with Gasteiger partial charge >= 0.3 is 0 Å². The lowest BCUT2D eigenvalue weighted by molar-refractivity contribution is -0.135. The number of hydrogen-bond acceptors (Lipinski definition) is 3. The van der Waals surface area contributed by atoms with Crippen LogP contribution < -0.4 is 4.72 Å². The van der Waals surface area contributed by atoms with Crippen molar-refractivity contribution in [3.05, 3.63) is 60.2 Å². The Bertz CT molecular complexity index is 1010. The van der Waals surface area contributed by atoms with Crippen LogP contribution >= 0.6 is 0 Å². The number of benzene rings is 2. The van der Waals surface area contributed by atoms with Crippen molar-refractivity contribution in [3.63, 3.8) is 0 Å². The second kappa shape index (κ2) is 7.54. The molecule has 7 heteroatoms. The van der Waals surface area contributed by atoms with Crippen molar-refractivity contribution in [2.24, 2.45) is 5.92 Å². The summed E-state index contributed by atoms with van der Waals surface area (Å²) in [5.74, 6) is -0.945. The minimum Gasteiger partial charge on any atom is -0.341 e. The first kappa shape index (κ1) is 20.0. The van der Waals surface area contributed by atoms with Crippen LogP contribution in [0.3, 0.4) is 0 Å². The molecule has 0 unspecified atom stereocenters. The Balaban J connectivity index is 1.53. The molecule has 1 aliphatic heterocycles. The largest absolute Gasteiger partial charge is 0.341 e. The van der Waals surface area contributed by atoms with E-state index in [1.807, 2.05) is 42.5 Å². The summed E-state index contributed by atoms with van der Waals surface area (Å²) in [5, 5.41) is 0. The average Bonchev–Trinajstić information content (AvgIpc) is 3.40. The van der Waals surface area contributed by atoms with Crippen LogP contribution in [0, 0.1) is 5.92 Å². The maximum atomic E-state index is 15.9. The molecule has 1 heterocycles. The summed E-state index contributed by atoms with van der Waals surface area (Å²) in [6.07, 6.45) is 2.66. The molecule has 2 aromatic rings. The van der Waals surface area contributed by atoms with E-state index >= 15 is 4.39 Å². The summed E-state index contributed by atoms with van der Waals surface area (Å²) in [6, 6.07) is 16.6. The number of nitrogens with zero attached hydrogens (tertiary/aromatic N) is 1. The molecule has 29 heavy (non-hydrogen) atoms. The number of rotatable bonds is 5. The van der Waals surface area contributed by atoms with Crippen LogP contribution in [0.25, 0.3) is 11.1 Å². The zero-order valence-electron chi connectivity index (χ0n) is 16.3. The van der Waals surface area contributed by atoms with E-state index in [9.17, 15) is 13.2 Å². The third-order valence-corrected chi connectivity index (χ3v) is 6.53. The summed E-state index contributed by atoms with van der Waals surface area (Å²) >= 11 is 0. The summed E-state index contributed by atoms with van der Waals surface area (Å²) < 4.78 is 41.4. The monoisotopic (exact) mass is 416 g/mol. The Morgan fingerprint density at radius 1 is 1.14 bits per heavy atom. The maximum absolute atomic E-state index is 15.9. The van der Waals surface area contributed by atoms with Crippen molar-refractivity contribution in [3.8, 4) is 11.1 Å². The number of halogens is 1. The predicted octanol–water partition coefficient (Wildman–Crippen LogP) is 3.08. The summed E-state index contributed by atoms with van der Waals surface area (Å²) in [5.41, 5.74) is 0.600. The zero-order valence-corrected chi connectivity index (χ0v) is 17.2. The topological polar surface area (TPSA) is 66.5 Å². The van der Waals surface area contributed by atoms with E-state index in [0.29, 0.717) is 31.5 Å².